The minimum Gasteiger partial charge on any atom is -0.465 e. The quantitative estimate of drug-likeness (QED) is 0.833. The maximum Gasteiger partial charge on any atom is 0.407 e. The molecule has 5 nitrogen and oxygen atoms in total. The Kier molecular flexibility index (Phi) is 5.29. The van der Waals surface area contributed by atoms with Crippen molar-refractivity contribution in [2.45, 2.75) is 32.7 Å². The van der Waals surface area contributed by atoms with Crippen molar-refractivity contribution in [3.8, 4) is 0 Å². The van der Waals surface area contributed by atoms with E-state index in [9.17, 15) is 14.7 Å². The molecular weight excluding hydrogens is 304 g/mol. The van der Waals surface area contributed by atoms with Gasteiger partial charge in [0.05, 0.1) is 6.04 Å². The first-order chi connectivity index (χ1) is 10.4. The number of amides is 2. The van der Waals surface area contributed by atoms with E-state index in [0.717, 1.165) is 17.5 Å². The van der Waals surface area contributed by atoms with E-state index in [2.05, 4.69) is 19.2 Å². The lowest BCUT2D eigenvalue weighted by molar-refractivity contribution is -0.113. The van der Waals surface area contributed by atoms with Gasteiger partial charge >= 0.3 is 6.09 Å². The van der Waals surface area contributed by atoms with Crippen molar-refractivity contribution in [3.63, 3.8) is 0 Å². The number of halogens is 1. The van der Waals surface area contributed by atoms with Gasteiger partial charge in [0, 0.05) is 12.2 Å². The highest BCUT2D eigenvalue weighted by atomic mass is 35.5. The van der Waals surface area contributed by atoms with E-state index in [1.807, 2.05) is 18.2 Å². The summed E-state index contributed by atoms with van der Waals surface area (Å²) in [5.41, 5.74) is 2.83. The largest absolute Gasteiger partial charge is 0.465 e. The van der Waals surface area contributed by atoms with Crippen LogP contribution in [-0.2, 0) is 11.2 Å². The van der Waals surface area contributed by atoms with Gasteiger partial charge < -0.3 is 15.3 Å². The van der Waals surface area contributed by atoms with Crippen LogP contribution in [0.2, 0.25) is 0 Å². The molecule has 1 aliphatic rings. The van der Waals surface area contributed by atoms with Crippen LogP contribution in [0, 0.1) is 5.92 Å². The lowest BCUT2D eigenvalue weighted by atomic mass is 9.87. The fraction of sp³-hybridized carbons (Fsp3) is 0.500. The Bertz CT molecular complexity index is 575. The number of benzene rings is 1. The first-order valence-electron chi connectivity index (χ1n) is 7.40. The Morgan fingerprint density at radius 3 is 2.77 bits per heavy atom. The van der Waals surface area contributed by atoms with E-state index >= 15 is 0 Å². The highest BCUT2D eigenvalue weighted by Gasteiger charge is 2.31. The summed E-state index contributed by atoms with van der Waals surface area (Å²) in [7, 11) is 0. The third kappa shape index (κ3) is 3.71. The van der Waals surface area contributed by atoms with Gasteiger partial charge in [-0.05, 0) is 42.0 Å². The summed E-state index contributed by atoms with van der Waals surface area (Å²) in [6, 6.07) is 5.52. The summed E-state index contributed by atoms with van der Waals surface area (Å²) in [5.74, 6) is 0.0663. The van der Waals surface area contributed by atoms with Gasteiger partial charge in [-0.3, -0.25) is 4.79 Å². The average Bonchev–Trinajstić information content (AvgIpc) is 2.46. The van der Waals surface area contributed by atoms with Gasteiger partial charge in [-0.25, -0.2) is 4.79 Å². The van der Waals surface area contributed by atoms with Gasteiger partial charge in [-0.15, -0.1) is 11.6 Å². The van der Waals surface area contributed by atoms with Crippen LogP contribution in [0.1, 0.15) is 37.4 Å². The third-order valence-electron chi connectivity index (χ3n) is 3.85. The minimum absolute atomic E-state index is 0.0835. The van der Waals surface area contributed by atoms with Gasteiger partial charge in [-0.1, -0.05) is 19.9 Å². The third-order valence-corrected chi connectivity index (χ3v) is 4.09. The Hall–Kier alpha value is -1.75. The monoisotopic (exact) mass is 324 g/mol. The molecule has 6 heteroatoms. The first-order valence-corrected chi connectivity index (χ1v) is 7.94. The Morgan fingerprint density at radius 1 is 1.45 bits per heavy atom. The molecule has 0 bridgehead atoms. The van der Waals surface area contributed by atoms with Crippen molar-refractivity contribution in [2.75, 3.05) is 17.7 Å². The summed E-state index contributed by atoms with van der Waals surface area (Å²) in [6.07, 6.45) is 0.559. The molecule has 2 N–H and O–H groups in total. The van der Waals surface area contributed by atoms with Crippen molar-refractivity contribution in [3.05, 3.63) is 29.3 Å². The summed E-state index contributed by atoms with van der Waals surface area (Å²) in [6.45, 7) is 4.65. The molecule has 1 aromatic rings. The standard InChI is InChI=1S/C16H21ClN2O3/c1-10(2)7-14-13-4-3-12(18-15(20)9-17)8-11(13)5-6-19(14)16(21)22/h3-4,8,10,14H,5-7,9H2,1-2H3,(H,18,20)(H,21,22). The van der Waals surface area contributed by atoms with Gasteiger partial charge in [0.25, 0.3) is 0 Å². The second-order valence-electron chi connectivity index (χ2n) is 5.97. The predicted octanol–water partition coefficient (Wildman–Crippen LogP) is 3.49. The van der Waals surface area contributed by atoms with Crippen LogP contribution in [0.25, 0.3) is 0 Å². The zero-order valence-corrected chi connectivity index (χ0v) is 13.6. The molecule has 22 heavy (non-hydrogen) atoms. The predicted molar refractivity (Wildman–Crippen MR) is 86.4 cm³/mol. The van der Waals surface area contributed by atoms with Crippen LogP contribution in [0.5, 0.6) is 0 Å². The van der Waals surface area contributed by atoms with Gasteiger partial charge in [0.15, 0.2) is 0 Å². The molecule has 1 unspecified atom stereocenters. The molecule has 0 radical (unpaired) electrons. The second-order valence-corrected chi connectivity index (χ2v) is 6.23. The Balaban J connectivity index is 2.30. The number of fused-ring (bicyclic) bond motifs is 1. The summed E-state index contributed by atoms with van der Waals surface area (Å²) in [4.78, 5) is 24.3. The SMILES string of the molecule is CC(C)CC1c2ccc(NC(=O)CCl)cc2CCN1C(=O)O. The number of carbonyl (C=O) groups is 2. The normalized spacial score (nSPS) is 17.3. The summed E-state index contributed by atoms with van der Waals surface area (Å²) < 4.78 is 0. The fourth-order valence-electron chi connectivity index (χ4n) is 2.91. The topological polar surface area (TPSA) is 69.6 Å². The van der Waals surface area contributed by atoms with Crippen LogP contribution in [0.15, 0.2) is 18.2 Å². The Labute approximate surface area is 135 Å². The molecule has 1 heterocycles. The molecule has 1 aromatic carbocycles. The van der Waals surface area contributed by atoms with E-state index < -0.39 is 6.09 Å². The highest BCUT2D eigenvalue weighted by molar-refractivity contribution is 6.29. The number of hydrogen-bond acceptors (Lipinski definition) is 2. The molecule has 0 fully saturated rings. The number of anilines is 1. The van der Waals surface area contributed by atoms with Crippen LogP contribution >= 0.6 is 11.6 Å². The smallest absolute Gasteiger partial charge is 0.407 e. The second kappa shape index (κ2) is 7.01. The zero-order valence-electron chi connectivity index (χ0n) is 12.8. The maximum absolute atomic E-state index is 11.5. The zero-order chi connectivity index (χ0) is 16.3. The molecule has 2 rings (SSSR count). The van der Waals surface area contributed by atoms with E-state index in [0.29, 0.717) is 24.6 Å². The van der Waals surface area contributed by atoms with E-state index in [-0.39, 0.29) is 17.8 Å². The molecule has 2 amide bonds. The highest BCUT2D eigenvalue weighted by Crippen LogP contribution is 2.35. The van der Waals surface area contributed by atoms with Crippen LogP contribution in [-0.4, -0.2) is 34.4 Å². The molecule has 0 aromatic heterocycles. The minimum atomic E-state index is -0.879. The fourth-order valence-corrected chi connectivity index (χ4v) is 2.98. The number of nitrogens with zero attached hydrogens (tertiary/aromatic N) is 1. The summed E-state index contributed by atoms with van der Waals surface area (Å²) >= 11 is 5.50. The van der Waals surface area contributed by atoms with Crippen LogP contribution in [0.3, 0.4) is 0 Å². The molecule has 0 spiro atoms. The van der Waals surface area contributed by atoms with Gasteiger partial charge in [0.1, 0.15) is 5.88 Å². The van der Waals surface area contributed by atoms with E-state index in [1.54, 1.807) is 0 Å². The molecule has 1 atom stereocenters. The number of nitrogens with one attached hydrogen (secondary N) is 1. The van der Waals surface area contributed by atoms with Gasteiger partial charge in [-0.2, -0.15) is 0 Å². The van der Waals surface area contributed by atoms with E-state index in [1.165, 1.54) is 4.90 Å². The van der Waals surface area contributed by atoms with Crippen molar-refractivity contribution in [2.24, 2.45) is 5.92 Å². The van der Waals surface area contributed by atoms with Crippen LogP contribution < -0.4 is 5.32 Å². The lowest BCUT2D eigenvalue weighted by Gasteiger charge is -2.36. The molecule has 0 saturated heterocycles. The van der Waals surface area contributed by atoms with E-state index in [4.69, 9.17) is 11.6 Å². The van der Waals surface area contributed by atoms with Crippen molar-refractivity contribution in [1.29, 1.82) is 0 Å². The number of rotatable bonds is 4. The molecule has 120 valence electrons. The average molecular weight is 325 g/mol. The maximum atomic E-state index is 11.5. The molecule has 1 aliphatic heterocycles. The lowest BCUT2D eigenvalue weighted by Crippen LogP contribution is -2.39. The van der Waals surface area contributed by atoms with Gasteiger partial charge in [0.2, 0.25) is 5.91 Å². The molecular formula is C16H21ClN2O3. The van der Waals surface area contributed by atoms with Crippen molar-refractivity contribution < 1.29 is 14.7 Å². The first kappa shape index (κ1) is 16.6. The number of carbonyl (C=O) groups excluding carboxylic acids is 1. The Morgan fingerprint density at radius 2 is 2.18 bits per heavy atom. The van der Waals surface area contributed by atoms with Crippen molar-refractivity contribution >= 4 is 29.3 Å². The number of carboxylic acid groups (broad SMARTS) is 1. The number of alkyl halides is 1. The van der Waals surface area contributed by atoms with Crippen LogP contribution in [0.4, 0.5) is 10.5 Å². The number of hydrogen-bond donors (Lipinski definition) is 2. The summed E-state index contributed by atoms with van der Waals surface area (Å²) in [5, 5.41) is 12.1. The van der Waals surface area contributed by atoms with Crippen molar-refractivity contribution in [1.82, 2.24) is 4.90 Å². The molecule has 0 saturated carbocycles. The molecule has 0 aliphatic carbocycles.